The van der Waals surface area contributed by atoms with Crippen LogP contribution in [0.25, 0.3) is 105 Å². The van der Waals surface area contributed by atoms with Gasteiger partial charge in [-0.15, -0.1) is 0 Å². The molecule has 0 radical (unpaired) electrons. The summed E-state index contributed by atoms with van der Waals surface area (Å²) < 4.78 is 2.16. The molecule has 266 valence electrons. The topological polar surface area (TPSA) is 43.1 Å². The predicted octanol–water partition coefficient (Wildman–Crippen LogP) is 13.6. The zero-order chi connectivity index (χ0) is 37.7. The van der Waals surface area contributed by atoms with Crippen molar-refractivity contribution in [3.8, 4) is 67.3 Å². The molecule has 0 N–H and O–H groups in total. The van der Waals surface area contributed by atoms with Gasteiger partial charge in [0.25, 0.3) is 0 Å². The van der Waals surface area contributed by atoms with Gasteiger partial charge in [0.15, 0.2) is 0 Å². The molecule has 0 amide bonds. The summed E-state index contributed by atoms with van der Waals surface area (Å²) in [6.45, 7) is 0. The molecule has 0 fully saturated rings. The van der Waals surface area contributed by atoms with E-state index in [-0.39, 0.29) is 0 Å². The summed E-state index contributed by atoms with van der Waals surface area (Å²) in [6.07, 6.45) is 0. The minimum absolute atomic E-state index is 0.902. The first-order chi connectivity index (χ1) is 28.2. The second-order valence-corrected chi connectivity index (χ2v) is 14.5. The van der Waals surface area contributed by atoms with E-state index in [1.807, 2.05) is 18.2 Å². The normalized spacial score (nSPS) is 11.5. The largest absolute Gasteiger partial charge is 0.245 e. The maximum Gasteiger partial charge on any atom is 0.101 e. The summed E-state index contributed by atoms with van der Waals surface area (Å²) in [5, 5.41) is 9.85. The fourth-order valence-corrected chi connectivity index (χ4v) is 8.16. The van der Waals surface area contributed by atoms with Crippen LogP contribution in [0, 0.1) is 0 Å². The molecule has 0 spiro atoms. The lowest BCUT2D eigenvalue weighted by Crippen LogP contribution is -1.96. The molecule has 0 bridgehead atoms. The van der Waals surface area contributed by atoms with Crippen molar-refractivity contribution in [1.82, 2.24) is 19.6 Å². The Morgan fingerprint density at radius 2 is 0.825 bits per heavy atom. The van der Waals surface area contributed by atoms with Gasteiger partial charge in [0.05, 0.1) is 33.6 Å². The van der Waals surface area contributed by atoms with Crippen LogP contribution in [0.15, 0.2) is 206 Å². The Balaban J connectivity index is 1.09. The van der Waals surface area contributed by atoms with Crippen molar-refractivity contribution < 1.29 is 0 Å². The van der Waals surface area contributed by atoms with Gasteiger partial charge in [-0.3, -0.25) is 0 Å². The molecule has 0 unspecified atom stereocenters. The Labute approximate surface area is 330 Å². The first kappa shape index (κ1) is 32.7. The number of rotatable bonds is 6. The van der Waals surface area contributed by atoms with E-state index in [0.717, 1.165) is 105 Å². The molecular weight excluding hydrogens is 693 g/mol. The van der Waals surface area contributed by atoms with Crippen LogP contribution in [0.2, 0.25) is 0 Å². The summed E-state index contributed by atoms with van der Waals surface area (Å²) in [6, 6.07) is 72.7. The quantitative estimate of drug-likeness (QED) is 0.160. The Bertz CT molecular complexity index is 3260. The van der Waals surface area contributed by atoms with E-state index in [1.54, 1.807) is 0 Å². The Morgan fingerprint density at radius 1 is 0.333 bits per heavy atom. The fraction of sp³-hybridized carbons (Fsp3) is 0. The number of pyridine rings is 3. The second-order valence-electron chi connectivity index (χ2n) is 14.5. The second kappa shape index (κ2) is 13.6. The van der Waals surface area contributed by atoms with Crippen LogP contribution in [-0.2, 0) is 0 Å². The highest BCUT2D eigenvalue weighted by atomic mass is 15.2. The summed E-state index contributed by atoms with van der Waals surface area (Å²) >= 11 is 0. The average Bonchev–Trinajstić information content (AvgIpc) is 3.71. The maximum absolute atomic E-state index is 5.41. The van der Waals surface area contributed by atoms with Crippen LogP contribution >= 0.6 is 0 Å². The zero-order valence-corrected chi connectivity index (χ0v) is 30.9. The monoisotopic (exact) mass is 726 g/mol. The van der Waals surface area contributed by atoms with Crippen LogP contribution < -0.4 is 0 Å². The molecule has 4 nitrogen and oxygen atoms in total. The standard InChI is InChI=1S/C53H34N4/c1-5-14-35(15-6-1)46-30-28-39-24-25-40-29-31-47(55-52(40)51(39)54-46)44-23-13-22-41(32-44)42-26-27-43-34-48(36-16-7-2-8-17-36)57-53(45(43)33-42)49(37-18-9-3-10-19-37)50(56-57)38-20-11-4-12-21-38/h1-34H. The van der Waals surface area contributed by atoms with Crippen LogP contribution in [0.4, 0.5) is 0 Å². The van der Waals surface area contributed by atoms with Gasteiger partial charge in [0.1, 0.15) is 5.69 Å². The van der Waals surface area contributed by atoms with Gasteiger partial charge in [0, 0.05) is 44.0 Å². The number of hydrogen-bond donors (Lipinski definition) is 0. The van der Waals surface area contributed by atoms with Gasteiger partial charge >= 0.3 is 0 Å². The summed E-state index contributed by atoms with van der Waals surface area (Å²) in [5.74, 6) is 0. The summed E-state index contributed by atoms with van der Waals surface area (Å²) in [5.41, 5.74) is 15.6. The van der Waals surface area contributed by atoms with Crippen molar-refractivity contribution >= 4 is 38.1 Å². The lowest BCUT2D eigenvalue weighted by molar-refractivity contribution is 0.979. The molecule has 7 aromatic carbocycles. The molecule has 11 rings (SSSR count). The molecule has 4 heterocycles. The SMILES string of the molecule is c1ccc(-c2ccc3ccc4ccc(-c5cccc(-c6ccc7cc(-c8ccccc8)n8nc(-c9ccccc9)c(-c9ccccc9)c8c7c6)c5)nc4c3n2)cc1. The van der Waals surface area contributed by atoms with Gasteiger partial charge in [0.2, 0.25) is 0 Å². The first-order valence-corrected chi connectivity index (χ1v) is 19.3. The van der Waals surface area contributed by atoms with Crippen molar-refractivity contribution in [3.63, 3.8) is 0 Å². The highest BCUT2D eigenvalue weighted by Gasteiger charge is 2.22. The van der Waals surface area contributed by atoms with Crippen LogP contribution in [-0.4, -0.2) is 19.6 Å². The van der Waals surface area contributed by atoms with Crippen molar-refractivity contribution in [1.29, 1.82) is 0 Å². The third-order valence-corrected chi connectivity index (χ3v) is 11.0. The molecule has 0 aliphatic carbocycles. The lowest BCUT2D eigenvalue weighted by atomic mass is 9.94. The Kier molecular flexibility index (Phi) is 7.78. The zero-order valence-electron chi connectivity index (χ0n) is 30.9. The van der Waals surface area contributed by atoms with Gasteiger partial charge in [-0.1, -0.05) is 176 Å². The molecule has 4 heteroatoms. The van der Waals surface area contributed by atoms with E-state index in [9.17, 15) is 0 Å². The Morgan fingerprint density at radius 3 is 1.47 bits per heavy atom. The molecule has 0 aliphatic heterocycles. The lowest BCUT2D eigenvalue weighted by Gasteiger charge is -2.13. The molecule has 57 heavy (non-hydrogen) atoms. The van der Waals surface area contributed by atoms with E-state index in [2.05, 4.69) is 193 Å². The fourth-order valence-electron chi connectivity index (χ4n) is 8.16. The summed E-state index contributed by atoms with van der Waals surface area (Å²) in [7, 11) is 0. The highest BCUT2D eigenvalue weighted by Crippen LogP contribution is 2.42. The van der Waals surface area contributed by atoms with Crippen LogP contribution in [0.1, 0.15) is 0 Å². The van der Waals surface area contributed by atoms with Crippen molar-refractivity contribution in [2.24, 2.45) is 0 Å². The number of nitrogens with zero attached hydrogens (tertiary/aromatic N) is 4. The molecule has 0 atom stereocenters. The smallest absolute Gasteiger partial charge is 0.101 e. The molecule has 4 aromatic heterocycles. The molecule has 0 aliphatic rings. The third kappa shape index (κ3) is 5.74. The minimum Gasteiger partial charge on any atom is -0.245 e. The van der Waals surface area contributed by atoms with Crippen LogP contribution in [0.3, 0.4) is 0 Å². The highest BCUT2D eigenvalue weighted by molar-refractivity contribution is 6.10. The Hall–Kier alpha value is -7.69. The number of hydrogen-bond acceptors (Lipinski definition) is 3. The van der Waals surface area contributed by atoms with E-state index in [0.29, 0.717) is 0 Å². The minimum atomic E-state index is 0.902. The van der Waals surface area contributed by atoms with Gasteiger partial charge < -0.3 is 0 Å². The molecule has 11 aromatic rings. The molecular formula is C53H34N4. The number of fused-ring (bicyclic) bond motifs is 6. The van der Waals surface area contributed by atoms with Gasteiger partial charge in [-0.2, -0.15) is 5.10 Å². The third-order valence-electron chi connectivity index (χ3n) is 11.0. The molecule has 0 saturated heterocycles. The molecule has 0 saturated carbocycles. The maximum atomic E-state index is 5.41. The summed E-state index contributed by atoms with van der Waals surface area (Å²) in [4.78, 5) is 10.4. The van der Waals surface area contributed by atoms with Gasteiger partial charge in [-0.25, -0.2) is 14.5 Å². The van der Waals surface area contributed by atoms with Crippen molar-refractivity contribution in [2.45, 2.75) is 0 Å². The van der Waals surface area contributed by atoms with Crippen molar-refractivity contribution in [2.75, 3.05) is 0 Å². The van der Waals surface area contributed by atoms with E-state index in [4.69, 9.17) is 15.1 Å². The average molecular weight is 727 g/mol. The predicted molar refractivity (Wildman–Crippen MR) is 236 cm³/mol. The van der Waals surface area contributed by atoms with E-state index >= 15 is 0 Å². The van der Waals surface area contributed by atoms with Gasteiger partial charge in [-0.05, 0) is 52.4 Å². The van der Waals surface area contributed by atoms with Crippen LogP contribution in [0.5, 0.6) is 0 Å². The van der Waals surface area contributed by atoms with Crippen molar-refractivity contribution in [3.05, 3.63) is 206 Å². The number of aromatic nitrogens is 4. The van der Waals surface area contributed by atoms with E-state index < -0.39 is 0 Å². The van der Waals surface area contributed by atoms with E-state index in [1.165, 1.54) is 0 Å². The first-order valence-electron chi connectivity index (χ1n) is 19.3. The number of benzene rings is 7.